The molecule has 0 saturated carbocycles. The van der Waals surface area contributed by atoms with E-state index in [1.807, 2.05) is 41.8 Å². The zero-order chi connectivity index (χ0) is 23.2. The van der Waals surface area contributed by atoms with Crippen molar-refractivity contribution in [2.45, 2.75) is 18.8 Å². The Kier molecular flexibility index (Phi) is 7.58. The Balaban J connectivity index is 1.60. The minimum Gasteiger partial charge on any atom is -0.497 e. The van der Waals surface area contributed by atoms with Crippen LogP contribution in [0.15, 0.2) is 48.0 Å². The second kappa shape index (κ2) is 10.8. The highest BCUT2D eigenvalue weighted by molar-refractivity contribution is 7.10. The first kappa shape index (κ1) is 23.2. The first-order valence-corrected chi connectivity index (χ1v) is 11.9. The lowest BCUT2D eigenvalue weighted by Crippen LogP contribution is -2.46. The maximum Gasteiger partial charge on any atom is 0.308 e. The summed E-state index contributed by atoms with van der Waals surface area (Å²) >= 11 is 1.59. The summed E-state index contributed by atoms with van der Waals surface area (Å²) in [4.78, 5) is 19.8. The molecule has 4 rings (SSSR count). The lowest BCUT2D eigenvalue weighted by Gasteiger charge is -2.40. The standard InChI is InChI=1S/C26H27FN2O3S/c1-32-18-6-7-25-23(16-18)21(9-12-28-25)20(8-11-27)22-10-14-29(17-24(22)26(30)31)13-2-4-19-5-3-15-33-19/h3,5-7,9,12,15-16,20,22,24H,8,10-11,13-14,17H2,1H3,(H,30,31)/t20?,22-,24+/m1/s1. The number of fused-ring (bicyclic) bond motifs is 1. The molecule has 3 atom stereocenters. The van der Waals surface area contributed by atoms with Crippen LogP contribution >= 0.6 is 11.3 Å². The number of ether oxygens (including phenoxy) is 1. The van der Waals surface area contributed by atoms with Gasteiger partial charge in [0.25, 0.3) is 0 Å². The van der Waals surface area contributed by atoms with Gasteiger partial charge < -0.3 is 9.84 Å². The van der Waals surface area contributed by atoms with Crippen LogP contribution in [0.1, 0.15) is 29.2 Å². The van der Waals surface area contributed by atoms with E-state index in [4.69, 9.17) is 4.74 Å². The van der Waals surface area contributed by atoms with Crippen molar-refractivity contribution in [3.63, 3.8) is 0 Å². The zero-order valence-electron chi connectivity index (χ0n) is 18.5. The van der Waals surface area contributed by atoms with E-state index in [0.717, 1.165) is 27.9 Å². The lowest BCUT2D eigenvalue weighted by molar-refractivity contribution is -0.146. The van der Waals surface area contributed by atoms with Gasteiger partial charge in [0.05, 0.1) is 36.6 Å². The van der Waals surface area contributed by atoms with Crippen LogP contribution in [0.2, 0.25) is 0 Å². The van der Waals surface area contributed by atoms with Gasteiger partial charge in [-0.15, -0.1) is 11.3 Å². The second-order valence-corrected chi connectivity index (χ2v) is 9.23. The topological polar surface area (TPSA) is 62.7 Å². The molecule has 33 heavy (non-hydrogen) atoms. The molecule has 172 valence electrons. The number of carboxylic acid groups (broad SMARTS) is 1. The highest BCUT2D eigenvalue weighted by Gasteiger charge is 2.39. The van der Waals surface area contributed by atoms with E-state index >= 15 is 0 Å². The van der Waals surface area contributed by atoms with Gasteiger partial charge in [-0.25, -0.2) is 0 Å². The van der Waals surface area contributed by atoms with E-state index in [0.29, 0.717) is 25.3 Å². The number of alkyl halides is 1. The molecule has 1 aliphatic heterocycles. The molecule has 1 fully saturated rings. The number of hydrogen-bond acceptors (Lipinski definition) is 5. The van der Waals surface area contributed by atoms with Crippen molar-refractivity contribution < 1.29 is 19.0 Å². The Morgan fingerprint density at radius 3 is 3.00 bits per heavy atom. The van der Waals surface area contributed by atoms with Crippen LogP contribution in [0.4, 0.5) is 4.39 Å². The van der Waals surface area contributed by atoms with Crippen LogP contribution in [0.5, 0.6) is 5.75 Å². The molecule has 1 saturated heterocycles. The summed E-state index contributed by atoms with van der Waals surface area (Å²) in [5.74, 6) is 5.19. The first-order chi connectivity index (χ1) is 16.1. The van der Waals surface area contributed by atoms with E-state index in [9.17, 15) is 14.3 Å². The third-order valence-corrected chi connectivity index (χ3v) is 7.21. The Morgan fingerprint density at radius 1 is 1.39 bits per heavy atom. The SMILES string of the molecule is COc1ccc2nccc(C(CCF)[C@H]3CCN(CC#Cc4cccs4)C[C@@H]3C(=O)O)c2c1. The zero-order valence-corrected chi connectivity index (χ0v) is 19.4. The Labute approximate surface area is 197 Å². The summed E-state index contributed by atoms with van der Waals surface area (Å²) in [5, 5.41) is 13.0. The second-order valence-electron chi connectivity index (χ2n) is 8.28. The summed E-state index contributed by atoms with van der Waals surface area (Å²) in [6, 6.07) is 11.5. The molecule has 0 radical (unpaired) electrons. The van der Waals surface area contributed by atoms with E-state index < -0.39 is 18.6 Å². The van der Waals surface area contributed by atoms with Crippen LogP contribution in [0.25, 0.3) is 10.9 Å². The van der Waals surface area contributed by atoms with Crippen molar-refractivity contribution >= 4 is 28.2 Å². The maximum atomic E-state index is 13.7. The highest BCUT2D eigenvalue weighted by Crippen LogP contribution is 2.41. The van der Waals surface area contributed by atoms with E-state index in [-0.39, 0.29) is 18.3 Å². The molecule has 1 N–H and O–H groups in total. The normalized spacial score (nSPS) is 19.6. The van der Waals surface area contributed by atoms with Gasteiger partial charge in [0.15, 0.2) is 0 Å². The van der Waals surface area contributed by atoms with Gasteiger partial charge in [-0.1, -0.05) is 17.9 Å². The quantitative estimate of drug-likeness (QED) is 0.506. The van der Waals surface area contributed by atoms with E-state index in [2.05, 4.69) is 21.7 Å². The number of rotatable bonds is 7. The average Bonchev–Trinajstić information content (AvgIpc) is 3.35. The maximum absolute atomic E-state index is 13.7. The molecule has 5 nitrogen and oxygen atoms in total. The third-order valence-electron chi connectivity index (χ3n) is 6.42. The van der Waals surface area contributed by atoms with Crippen molar-refractivity contribution in [3.8, 4) is 17.6 Å². The summed E-state index contributed by atoms with van der Waals surface area (Å²) in [6.45, 7) is 1.17. The Morgan fingerprint density at radius 2 is 2.27 bits per heavy atom. The Hall–Kier alpha value is -2.95. The number of piperidine rings is 1. The molecule has 0 aliphatic carbocycles. The van der Waals surface area contributed by atoms with Crippen molar-refractivity contribution in [1.82, 2.24) is 9.88 Å². The van der Waals surface area contributed by atoms with Crippen molar-refractivity contribution in [1.29, 1.82) is 0 Å². The van der Waals surface area contributed by atoms with Crippen LogP contribution in [-0.4, -0.2) is 54.4 Å². The van der Waals surface area contributed by atoms with Gasteiger partial charge in [0.2, 0.25) is 0 Å². The first-order valence-electron chi connectivity index (χ1n) is 11.1. The molecule has 1 aliphatic rings. The van der Waals surface area contributed by atoms with Gasteiger partial charge in [-0.05, 0) is 72.5 Å². The average molecular weight is 467 g/mol. The highest BCUT2D eigenvalue weighted by atomic mass is 32.1. The minimum atomic E-state index is -0.837. The summed E-state index contributed by atoms with van der Waals surface area (Å²) < 4.78 is 19.1. The van der Waals surface area contributed by atoms with Gasteiger partial charge in [-0.3, -0.25) is 19.1 Å². The number of hydrogen-bond donors (Lipinski definition) is 1. The summed E-state index contributed by atoms with van der Waals surface area (Å²) in [7, 11) is 1.60. The Bertz CT molecular complexity index is 1160. The predicted molar refractivity (Wildman–Crippen MR) is 128 cm³/mol. The number of aromatic nitrogens is 1. The molecule has 1 unspecified atom stereocenters. The molecule has 7 heteroatoms. The number of carboxylic acids is 1. The van der Waals surface area contributed by atoms with Crippen LogP contribution < -0.4 is 4.74 Å². The van der Waals surface area contributed by atoms with Crippen LogP contribution in [0.3, 0.4) is 0 Å². The number of nitrogens with zero attached hydrogens (tertiary/aromatic N) is 2. The van der Waals surface area contributed by atoms with Crippen LogP contribution in [-0.2, 0) is 4.79 Å². The molecular formula is C26H27FN2O3S. The number of halogens is 1. The van der Waals surface area contributed by atoms with Crippen molar-refractivity contribution in [2.24, 2.45) is 11.8 Å². The number of benzene rings is 1. The van der Waals surface area contributed by atoms with E-state index in [1.165, 1.54) is 0 Å². The molecule has 1 aromatic carbocycles. The number of aliphatic carboxylic acids is 1. The molecule has 0 bridgehead atoms. The van der Waals surface area contributed by atoms with Crippen molar-refractivity contribution in [3.05, 3.63) is 58.4 Å². The monoisotopic (exact) mass is 466 g/mol. The summed E-state index contributed by atoms with van der Waals surface area (Å²) in [6.07, 6.45) is 2.68. The van der Waals surface area contributed by atoms with Gasteiger partial charge in [-0.2, -0.15) is 0 Å². The molecule has 0 spiro atoms. The lowest BCUT2D eigenvalue weighted by atomic mass is 9.72. The fourth-order valence-corrected chi connectivity index (χ4v) is 5.42. The van der Waals surface area contributed by atoms with Crippen LogP contribution in [0, 0.1) is 23.7 Å². The summed E-state index contributed by atoms with van der Waals surface area (Å²) in [5.41, 5.74) is 1.74. The van der Waals surface area contributed by atoms with Crippen molar-refractivity contribution in [2.75, 3.05) is 33.4 Å². The minimum absolute atomic E-state index is 0.170. The fraction of sp³-hybridized carbons (Fsp3) is 0.385. The van der Waals surface area contributed by atoms with Gasteiger partial charge >= 0.3 is 5.97 Å². The fourth-order valence-electron chi connectivity index (χ4n) is 4.83. The number of carbonyl (C=O) groups is 1. The molecule has 3 aromatic rings. The van der Waals surface area contributed by atoms with Gasteiger partial charge in [0, 0.05) is 18.1 Å². The number of likely N-dealkylation sites (tertiary alicyclic amines) is 1. The number of methoxy groups -OCH3 is 1. The molecular weight excluding hydrogens is 439 g/mol. The molecule has 0 amide bonds. The van der Waals surface area contributed by atoms with Gasteiger partial charge in [0.1, 0.15) is 5.75 Å². The molecule has 3 heterocycles. The number of thiophene rings is 1. The largest absolute Gasteiger partial charge is 0.497 e. The predicted octanol–water partition coefficient (Wildman–Crippen LogP) is 4.82. The smallest absolute Gasteiger partial charge is 0.308 e. The number of pyridine rings is 1. The molecule has 2 aromatic heterocycles. The van der Waals surface area contributed by atoms with E-state index in [1.54, 1.807) is 24.6 Å². The third kappa shape index (κ3) is 5.35.